The van der Waals surface area contributed by atoms with Gasteiger partial charge in [0.05, 0.1) is 0 Å². The highest BCUT2D eigenvalue weighted by Crippen LogP contribution is 2.17. The topological polar surface area (TPSA) is 125 Å². The van der Waals surface area contributed by atoms with E-state index in [1.807, 2.05) is 0 Å². The van der Waals surface area contributed by atoms with Crippen LogP contribution in [0.15, 0.2) is 35.4 Å². The molecule has 3 rings (SSSR count). The maximum atomic E-state index is 12.0. The van der Waals surface area contributed by atoms with Gasteiger partial charge in [0.2, 0.25) is 17.6 Å². The second kappa shape index (κ2) is 7.40. The predicted molar refractivity (Wildman–Crippen MR) is 81.1 cm³/mol. The summed E-state index contributed by atoms with van der Waals surface area (Å²) in [5.41, 5.74) is 0.806. The molecule has 0 aromatic carbocycles. The van der Waals surface area contributed by atoms with Crippen LogP contribution in [0, 0.1) is 0 Å². The Bertz CT molecular complexity index is 771. The summed E-state index contributed by atoms with van der Waals surface area (Å²) in [5, 5.41) is 17.6. The van der Waals surface area contributed by atoms with E-state index >= 15 is 0 Å². The number of hydrogen-bond acceptors (Lipinski definition) is 8. The zero-order valence-electron chi connectivity index (χ0n) is 13.0. The lowest BCUT2D eigenvalue weighted by Gasteiger charge is -2.09. The van der Waals surface area contributed by atoms with E-state index in [0.717, 1.165) is 5.56 Å². The van der Waals surface area contributed by atoms with Crippen LogP contribution >= 0.6 is 0 Å². The number of aromatic nitrogens is 7. The zero-order valence-corrected chi connectivity index (χ0v) is 13.0. The second-order valence-corrected chi connectivity index (χ2v) is 5.16. The molecule has 3 aromatic rings. The SMILES string of the molecule is C[C@H](NC(=O)CCCn1cnnn1)c1nc(-c2ccncc2)no1. The Hall–Kier alpha value is -3.17. The Morgan fingerprint density at radius 3 is 2.96 bits per heavy atom. The van der Waals surface area contributed by atoms with E-state index in [0.29, 0.717) is 31.1 Å². The monoisotopic (exact) mass is 328 g/mol. The average molecular weight is 328 g/mol. The summed E-state index contributed by atoms with van der Waals surface area (Å²) in [7, 11) is 0. The highest BCUT2D eigenvalue weighted by molar-refractivity contribution is 5.76. The van der Waals surface area contributed by atoms with Gasteiger partial charge in [-0.3, -0.25) is 9.78 Å². The van der Waals surface area contributed by atoms with Crippen LogP contribution in [0.25, 0.3) is 11.4 Å². The number of amides is 1. The molecule has 3 aromatic heterocycles. The number of carbonyl (C=O) groups is 1. The molecule has 1 amide bonds. The molecule has 0 fully saturated rings. The largest absolute Gasteiger partial charge is 0.345 e. The van der Waals surface area contributed by atoms with Crippen LogP contribution in [0.1, 0.15) is 31.7 Å². The Kier molecular flexibility index (Phi) is 4.84. The molecule has 0 saturated heterocycles. The Balaban J connectivity index is 1.50. The summed E-state index contributed by atoms with van der Waals surface area (Å²) in [6, 6.07) is 3.21. The molecule has 0 aliphatic rings. The molecular weight excluding hydrogens is 312 g/mol. The second-order valence-electron chi connectivity index (χ2n) is 5.16. The smallest absolute Gasteiger partial charge is 0.249 e. The summed E-state index contributed by atoms with van der Waals surface area (Å²) in [4.78, 5) is 20.2. The van der Waals surface area contributed by atoms with Crippen LogP contribution < -0.4 is 5.32 Å². The predicted octanol–water partition coefficient (Wildman–Crippen LogP) is 0.776. The standard InChI is InChI=1S/C14H16N8O2/c1-10(17-12(23)3-2-8-22-9-16-20-21-22)14-18-13(19-24-14)11-4-6-15-7-5-11/h4-7,9-10H,2-3,8H2,1H3,(H,17,23)/t10-/m0/s1. The first-order valence-electron chi connectivity index (χ1n) is 7.46. The molecule has 3 heterocycles. The van der Waals surface area contributed by atoms with Gasteiger partial charge in [-0.1, -0.05) is 5.16 Å². The van der Waals surface area contributed by atoms with E-state index in [1.165, 1.54) is 6.33 Å². The highest BCUT2D eigenvalue weighted by atomic mass is 16.5. The average Bonchev–Trinajstić information content (AvgIpc) is 3.27. The van der Waals surface area contributed by atoms with Gasteiger partial charge < -0.3 is 9.84 Å². The molecule has 1 atom stereocenters. The van der Waals surface area contributed by atoms with E-state index in [-0.39, 0.29) is 11.9 Å². The molecule has 0 unspecified atom stereocenters. The lowest BCUT2D eigenvalue weighted by molar-refractivity contribution is -0.122. The minimum absolute atomic E-state index is 0.0979. The zero-order chi connectivity index (χ0) is 16.8. The van der Waals surface area contributed by atoms with E-state index in [2.05, 4.69) is 36.0 Å². The molecule has 10 nitrogen and oxygen atoms in total. The summed E-state index contributed by atoms with van der Waals surface area (Å²) in [6.45, 7) is 2.38. The van der Waals surface area contributed by atoms with Crippen LogP contribution in [-0.2, 0) is 11.3 Å². The van der Waals surface area contributed by atoms with E-state index in [4.69, 9.17) is 4.52 Å². The first-order chi connectivity index (χ1) is 11.7. The molecule has 0 aliphatic carbocycles. The molecule has 0 aliphatic heterocycles. The fourth-order valence-electron chi connectivity index (χ4n) is 2.09. The minimum Gasteiger partial charge on any atom is -0.345 e. The number of aryl methyl sites for hydroxylation is 1. The summed E-state index contributed by atoms with van der Waals surface area (Å²) in [6.07, 6.45) is 5.81. The molecule has 0 bridgehead atoms. The number of pyridine rings is 1. The van der Waals surface area contributed by atoms with Gasteiger partial charge in [-0.25, -0.2) is 4.68 Å². The van der Waals surface area contributed by atoms with Crippen LogP contribution in [0.3, 0.4) is 0 Å². The molecule has 0 spiro atoms. The molecule has 0 saturated carbocycles. The maximum Gasteiger partial charge on any atom is 0.249 e. The number of nitrogens with zero attached hydrogens (tertiary/aromatic N) is 7. The van der Waals surface area contributed by atoms with Crippen molar-refractivity contribution in [3.05, 3.63) is 36.7 Å². The number of hydrogen-bond donors (Lipinski definition) is 1. The fraction of sp³-hybridized carbons (Fsp3) is 0.357. The Morgan fingerprint density at radius 1 is 1.38 bits per heavy atom. The lowest BCUT2D eigenvalue weighted by Crippen LogP contribution is -2.26. The van der Waals surface area contributed by atoms with Crippen molar-refractivity contribution in [2.75, 3.05) is 0 Å². The third kappa shape index (κ3) is 3.97. The van der Waals surface area contributed by atoms with Gasteiger partial charge in [0, 0.05) is 30.9 Å². The number of carbonyl (C=O) groups excluding carboxylic acids is 1. The van der Waals surface area contributed by atoms with Gasteiger partial charge in [-0.2, -0.15) is 4.98 Å². The first-order valence-corrected chi connectivity index (χ1v) is 7.46. The minimum atomic E-state index is -0.367. The van der Waals surface area contributed by atoms with Gasteiger partial charge in [0.25, 0.3) is 0 Å². The summed E-state index contributed by atoms with van der Waals surface area (Å²) in [5.74, 6) is 0.724. The molecule has 0 radical (unpaired) electrons. The van der Waals surface area contributed by atoms with Gasteiger partial charge in [-0.05, 0) is 35.9 Å². The van der Waals surface area contributed by atoms with E-state index in [1.54, 1.807) is 36.1 Å². The van der Waals surface area contributed by atoms with Crippen LogP contribution in [0.2, 0.25) is 0 Å². The van der Waals surface area contributed by atoms with E-state index in [9.17, 15) is 4.79 Å². The van der Waals surface area contributed by atoms with Crippen LogP contribution in [-0.4, -0.2) is 41.2 Å². The quantitative estimate of drug-likeness (QED) is 0.674. The maximum absolute atomic E-state index is 12.0. The van der Waals surface area contributed by atoms with Crippen molar-refractivity contribution in [3.8, 4) is 11.4 Å². The van der Waals surface area contributed by atoms with Crippen molar-refractivity contribution in [1.29, 1.82) is 0 Å². The first kappa shape index (κ1) is 15.7. The number of rotatable bonds is 7. The van der Waals surface area contributed by atoms with Crippen LogP contribution in [0.4, 0.5) is 0 Å². The fourth-order valence-corrected chi connectivity index (χ4v) is 2.09. The van der Waals surface area contributed by atoms with Gasteiger partial charge in [0.15, 0.2) is 0 Å². The molecular formula is C14H16N8O2. The number of tetrazole rings is 1. The van der Waals surface area contributed by atoms with Crippen molar-refractivity contribution in [2.45, 2.75) is 32.4 Å². The summed E-state index contributed by atoms with van der Waals surface area (Å²) >= 11 is 0. The van der Waals surface area contributed by atoms with Gasteiger partial charge >= 0.3 is 0 Å². The molecule has 1 N–H and O–H groups in total. The lowest BCUT2D eigenvalue weighted by atomic mass is 10.2. The van der Waals surface area contributed by atoms with Crippen molar-refractivity contribution in [1.82, 2.24) is 40.6 Å². The Labute approximate surface area is 137 Å². The normalized spacial score (nSPS) is 12.0. The van der Waals surface area contributed by atoms with E-state index < -0.39 is 0 Å². The molecule has 124 valence electrons. The van der Waals surface area contributed by atoms with Crippen LogP contribution in [0.5, 0.6) is 0 Å². The highest BCUT2D eigenvalue weighted by Gasteiger charge is 2.17. The summed E-state index contributed by atoms with van der Waals surface area (Å²) < 4.78 is 6.80. The third-order valence-corrected chi connectivity index (χ3v) is 3.31. The third-order valence-electron chi connectivity index (χ3n) is 3.31. The molecule has 10 heteroatoms. The van der Waals surface area contributed by atoms with Crippen molar-refractivity contribution < 1.29 is 9.32 Å². The van der Waals surface area contributed by atoms with Crippen molar-refractivity contribution in [3.63, 3.8) is 0 Å². The van der Waals surface area contributed by atoms with Gasteiger partial charge in [0.1, 0.15) is 12.4 Å². The van der Waals surface area contributed by atoms with Crippen molar-refractivity contribution >= 4 is 5.91 Å². The molecule has 24 heavy (non-hydrogen) atoms. The Morgan fingerprint density at radius 2 is 2.21 bits per heavy atom. The number of nitrogens with one attached hydrogen (secondary N) is 1. The van der Waals surface area contributed by atoms with Gasteiger partial charge in [-0.15, -0.1) is 5.10 Å². The van der Waals surface area contributed by atoms with Crippen molar-refractivity contribution in [2.24, 2.45) is 0 Å².